The molecule has 0 aliphatic heterocycles. The predicted octanol–water partition coefficient (Wildman–Crippen LogP) is 3.29. The summed E-state index contributed by atoms with van der Waals surface area (Å²) in [5, 5.41) is 0. The maximum atomic E-state index is 10.3. The Bertz CT molecular complexity index is 412. The van der Waals surface area contributed by atoms with Crippen molar-refractivity contribution in [3.8, 4) is 0 Å². The SMILES string of the molecule is C/C=C\c1cccc(C(C)(C)N=C=O)c1. The van der Waals surface area contributed by atoms with Crippen LogP contribution in [-0.2, 0) is 10.3 Å². The van der Waals surface area contributed by atoms with Gasteiger partial charge in [0.15, 0.2) is 0 Å². The molecule has 15 heavy (non-hydrogen) atoms. The van der Waals surface area contributed by atoms with Crippen molar-refractivity contribution in [2.45, 2.75) is 26.3 Å². The molecule has 1 aromatic rings. The van der Waals surface area contributed by atoms with E-state index in [0.717, 1.165) is 11.1 Å². The smallest absolute Gasteiger partial charge is 0.211 e. The van der Waals surface area contributed by atoms with E-state index in [1.807, 2.05) is 57.2 Å². The topological polar surface area (TPSA) is 29.4 Å². The third-order valence-corrected chi connectivity index (χ3v) is 2.28. The lowest BCUT2D eigenvalue weighted by atomic mass is 9.93. The number of benzene rings is 1. The van der Waals surface area contributed by atoms with Crippen molar-refractivity contribution in [2.24, 2.45) is 4.99 Å². The predicted molar refractivity (Wildman–Crippen MR) is 62.3 cm³/mol. The van der Waals surface area contributed by atoms with E-state index < -0.39 is 5.54 Å². The summed E-state index contributed by atoms with van der Waals surface area (Å²) >= 11 is 0. The molecule has 0 spiro atoms. The Kier molecular flexibility index (Phi) is 3.59. The monoisotopic (exact) mass is 201 g/mol. The number of aliphatic imine (C=N–C) groups is 1. The van der Waals surface area contributed by atoms with Gasteiger partial charge < -0.3 is 0 Å². The number of hydrogen-bond donors (Lipinski definition) is 0. The number of carbonyl (C=O) groups excluding carboxylic acids is 1. The van der Waals surface area contributed by atoms with Crippen molar-refractivity contribution in [3.05, 3.63) is 41.5 Å². The molecule has 0 saturated carbocycles. The molecule has 0 radical (unpaired) electrons. The van der Waals surface area contributed by atoms with Gasteiger partial charge in [0, 0.05) is 0 Å². The van der Waals surface area contributed by atoms with Crippen molar-refractivity contribution in [1.29, 1.82) is 0 Å². The van der Waals surface area contributed by atoms with Gasteiger partial charge in [-0.25, -0.2) is 4.79 Å². The number of allylic oxidation sites excluding steroid dienone is 1. The molecule has 0 N–H and O–H groups in total. The number of rotatable bonds is 3. The highest BCUT2D eigenvalue weighted by molar-refractivity contribution is 5.51. The highest BCUT2D eigenvalue weighted by atomic mass is 16.1. The van der Waals surface area contributed by atoms with Crippen LogP contribution in [0.25, 0.3) is 6.08 Å². The maximum Gasteiger partial charge on any atom is 0.235 e. The summed E-state index contributed by atoms with van der Waals surface area (Å²) in [5.41, 5.74) is 1.63. The Labute approximate surface area is 90.4 Å². The summed E-state index contributed by atoms with van der Waals surface area (Å²) in [6.07, 6.45) is 5.61. The van der Waals surface area contributed by atoms with E-state index >= 15 is 0 Å². The molecule has 0 heterocycles. The van der Waals surface area contributed by atoms with Gasteiger partial charge in [-0.3, -0.25) is 0 Å². The van der Waals surface area contributed by atoms with Crippen LogP contribution in [0.2, 0.25) is 0 Å². The van der Waals surface area contributed by atoms with Crippen LogP contribution < -0.4 is 0 Å². The number of isocyanates is 1. The fraction of sp³-hybridized carbons (Fsp3) is 0.308. The minimum Gasteiger partial charge on any atom is -0.211 e. The molecule has 0 aliphatic rings. The van der Waals surface area contributed by atoms with Crippen LogP contribution in [0.5, 0.6) is 0 Å². The van der Waals surface area contributed by atoms with E-state index in [4.69, 9.17) is 0 Å². The van der Waals surface area contributed by atoms with Crippen LogP contribution >= 0.6 is 0 Å². The van der Waals surface area contributed by atoms with Crippen LogP contribution in [0.4, 0.5) is 0 Å². The van der Waals surface area contributed by atoms with Crippen molar-refractivity contribution < 1.29 is 4.79 Å². The zero-order valence-corrected chi connectivity index (χ0v) is 9.32. The Morgan fingerprint density at radius 1 is 1.40 bits per heavy atom. The maximum absolute atomic E-state index is 10.3. The minimum absolute atomic E-state index is 0.501. The van der Waals surface area contributed by atoms with E-state index in [2.05, 4.69) is 4.99 Å². The summed E-state index contributed by atoms with van der Waals surface area (Å²) in [6.45, 7) is 5.76. The molecule has 1 aromatic carbocycles. The largest absolute Gasteiger partial charge is 0.235 e. The van der Waals surface area contributed by atoms with Gasteiger partial charge in [-0.2, -0.15) is 4.99 Å². The minimum atomic E-state index is -0.501. The average molecular weight is 201 g/mol. The first-order chi connectivity index (χ1) is 7.10. The number of hydrogen-bond acceptors (Lipinski definition) is 2. The second-order valence-corrected chi connectivity index (χ2v) is 3.89. The zero-order valence-electron chi connectivity index (χ0n) is 9.32. The third kappa shape index (κ3) is 2.90. The van der Waals surface area contributed by atoms with Crippen LogP contribution in [0, 0.1) is 0 Å². The van der Waals surface area contributed by atoms with Gasteiger partial charge in [0.2, 0.25) is 6.08 Å². The van der Waals surface area contributed by atoms with Crippen molar-refractivity contribution in [3.63, 3.8) is 0 Å². The van der Waals surface area contributed by atoms with Gasteiger partial charge in [-0.1, -0.05) is 30.4 Å². The molecule has 78 valence electrons. The van der Waals surface area contributed by atoms with Gasteiger partial charge in [-0.05, 0) is 38.0 Å². The zero-order chi connectivity index (χ0) is 11.3. The first kappa shape index (κ1) is 11.4. The quantitative estimate of drug-likeness (QED) is 0.545. The van der Waals surface area contributed by atoms with Gasteiger partial charge in [0.25, 0.3) is 0 Å². The Morgan fingerprint density at radius 3 is 2.73 bits per heavy atom. The molecule has 0 fully saturated rings. The molecule has 0 atom stereocenters. The van der Waals surface area contributed by atoms with Crippen LogP contribution in [0.15, 0.2) is 35.3 Å². The molecule has 0 unspecified atom stereocenters. The molecule has 1 rings (SSSR count). The number of nitrogens with zero attached hydrogens (tertiary/aromatic N) is 1. The summed E-state index contributed by atoms with van der Waals surface area (Å²) in [7, 11) is 0. The van der Waals surface area contributed by atoms with Gasteiger partial charge >= 0.3 is 0 Å². The van der Waals surface area contributed by atoms with Crippen molar-refractivity contribution in [1.82, 2.24) is 0 Å². The fourth-order valence-electron chi connectivity index (χ4n) is 1.39. The van der Waals surface area contributed by atoms with E-state index in [-0.39, 0.29) is 0 Å². The first-order valence-corrected chi connectivity index (χ1v) is 4.92. The second-order valence-electron chi connectivity index (χ2n) is 3.89. The average Bonchev–Trinajstić information content (AvgIpc) is 2.19. The van der Waals surface area contributed by atoms with E-state index in [0.29, 0.717) is 0 Å². The molecule has 0 saturated heterocycles. The highest BCUT2D eigenvalue weighted by Crippen LogP contribution is 2.25. The van der Waals surface area contributed by atoms with E-state index in [1.54, 1.807) is 6.08 Å². The van der Waals surface area contributed by atoms with E-state index in [1.165, 1.54) is 0 Å². The van der Waals surface area contributed by atoms with Crippen LogP contribution in [0.1, 0.15) is 31.9 Å². The van der Waals surface area contributed by atoms with Gasteiger partial charge in [0.05, 0.1) is 5.54 Å². The molecule has 2 nitrogen and oxygen atoms in total. The van der Waals surface area contributed by atoms with Gasteiger partial charge in [0.1, 0.15) is 0 Å². The van der Waals surface area contributed by atoms with Crippen LogP contribution in [0.3, 0.4) is 0 Å². The lowest BCUT2D eigenvalue weighted by molar-refractivity contribution is 0.523. The normalized spacial score (nSPS) is 11.4. The lowest BCUT2D eigenvalue weighted by Gasteiger charge is -2.18. The fourth-order valence-corrected chi connectivity index (χ4v) is 1.39. The first-order valence-electron chi connectivity index (χ1n) is 4.92. The van der Waals surface area contributed by atoms with E-state index in [9.17, 15) is 4.79 Å². The lowest BCUT2D eigenvalue weighted by Crippen LogP contribution is -2.13. The molecule has 0 bridgehead atoms. The van der Waals surface area contributed by atoms with Gasteiger partial charge in [-0.15, -0.1) is 0 Å². The third-order valence-electron chi connectivity index (χ3n) is 2.28. The Hall–Kier alpha value is -1.66. The molecular formula is C13H15NO. The van der Waals surface area contributed by atoms with Crippen molar-refractivity contribution in [2.75, 3.05) is 0 Å². The molecule has 0 aliphatic carbocycles. The van der Waals surface area contributed by atoms with Crippen LogP contribution in [-0.4, -0.2) is 6.08 Å². The summed E-state index contributed by atoms with van der Waals surface area (Å²) in [4.78, 5) is 14.1. The second kappa shape index (κ2) is 4.72. The molecule has 2 heteroatoms. The summed E-state index contributed by atoms with van der Waals surface area (Å²) in [5.74, 6) is 0. The molecular weight excluding hydrogens is 186 g/mol. The molecule has 0 aromatic heterocycles. The Morgan fingerprint density at radius 2 is 2.13 bits per heavy atom. The summed E-state index contributed by atoms with van der Waals surface area (Å²) in [6, 6.07) is 7.98. The highest BCUT2D eigenvalue weighted by Gasteiger charge is 2.18. The summed E-state index contributed by atoms with van der Waals surface area (Å²) < 4.78 is 0. The standard InChI is InChI=1S/C13H15NO/c1-4-6-11-7-5-8-12(9-11)13(2,3)14-10-15/h4-9H,1-3H3/b6-4-. The Balaban J connectivity index is 3.15. The molecule has 0 amide bonds. The van der Waals surface area contributed by atoms with Crippen molar-refractivity contribution >= 4 is 12.2 Å².